The molecule has 0 bridgehead atoms. The molecular formula is C20H31N. The highest BCUT2D eigenvalue weighted by atomic mass is 14.6. The Bertz CT molecular complexity index is 555. The fourth-order valence-electron chi connectivity index (χ4n) is 5.43. The Balaban J connectivity index is 2.13. The smallest absolute Gasteiger partial charge is 0.0384 e. The van der Waals surface area contributed by atoms with E-state index in [9.17, 15) is 0 Å². The lowest BCUT2D eigenvalue weighted by atomic mass is 9.50. The van der Waals surface area contributed by atoms with Gasteiger partial charge < -0.3 is 5.73 Å². The summed E-state index contributed by atoms with van der Waals surface area (Å²) in [5.74, 6) is 1.32. The molecule has 1 nitrogen and oxygen atoms in total. The predicted molar refractivity (Wildman–Crippen MR) is 91.7 cm³/mol. The van der Waals surface area contributed by atoms with E-state index in [1.807, 2.05) is 0 Å². The van der Waals surface area contributed by atoms with Crippen molar-refractivity contribution in [2.24, 2.45) is 11.3 Å². The second-order valence-electron chi connectivity index (χ2n) is 8.60. The minimum Gasteiger partial charge on any atom is -0.398 e. The maximum atomic E-state index is 6.55. The Kier molecular flexibility index (Phi) is 3.39. The van der Waals surface area contributed by atoms with Crippen LogP contribution in [-0.2, 0) is 11.8 Å². The maximum Gasteiger partial charge on any atom is 0.0384 e. The van der Waals surface area contributed by atoms with Crippen molar-refractivity contribution in [1.29, 1.82) is 0 Å². The first-order chi connectivity index (χ1) is 9.77. The Hall–Kier alpha value is -0.980. The van der Waals surface area contributed by atoms with E-state index in [0.29, 0.717) is 16.7 Å². The van der Waals surface area contributed by atoms with Crippen LogP contribution in [0.3, 0.4) is 0 Å². The first-order valence-corrected chi connectivity index (χ1v) is 8.69. The average Bonchev–Trinajstić information content (AvgIpc) is 2.38. The van der Waals surface area contributed by atoms with Crippen molar-refractivity contribution in [3.8, 4) is 0 Å². The van der Waals surface area contributed by atoms with Gasteiger partial charge in [-0.25, -0.2) is 0 Å². The molecule has 0 spiro atoms. The van der Waals surface area contributed by atoms with Gasteiger partial charge >= 0.3 is 0 Å². The number of nitrogen functional groups attached to an aromatic ring is 1. The van der Waals surface area contributed by atoms with Crippen LogP contribution in [-0.4, -0.2) is 0 Å². The molecule has 0 aromatic heterocycles. The van der Waals surface area contributed by atoms with Crippen molar-refractivity contribution in [3.63, 3.8) is 0 Å². The standard InChI is InChI=1S/C20H31N/c1-13(2)14-7-9-16-15(18(14)21)8-10-17-19(3,4)11-6-12-20(16,17)5/h7,9,13,17H,6,8,10-12,21H2,1-5H3/t17-,20+/m0/s1. The molecule has 1 aromatic rings. The Labute approximate surface area is 130 Å². The van der Waals surface area contributed by atoms with E-state index in [4.69, 9.17) is 5.73 Å². The molecule has 1 fully saturated rings. The summed E-state index contributed by atoms with van der Waals surface area (Å²) in [6.45, 7) is 12.0. The van der Waals surface area contributed by atoms with Crippen molar-refractivity contribution in [2.75, 3.05) is 5.73 Å². The molecule has 1 aromatic carbocycles. The molecule has 116 valence electrons. The van der Waals surface area contributed by atoms with E-state index in [2.05, 4.69) is 46.8 Å². The second kappa shape index (κ2) is 4.76. The molecule has 0 aliphatic heterocycles. The van der Waals surface area contributed by atoms with Gasteiger partial charge in [0.25, 0.3) is 0 Å². The maximum absolute atomic E-state index is 6.55. The predicted octanol–water partition coefficient (Wildman–Crippen LogP) is 5.42. The lowest BCUT2D eigenvalue weighted by Gasteiger charge is -2.54. The number of anilines is 1. The zero-order valence-corrected chi connectivity index (χ0v) is 14.4. The van der Waals surface area contributed by atoms with Crippen LogP contribution in [0.5, 0.6) is 0 Å². The summed E-state index contributed by atoms with van der Waals surface area (Å²) in [5.41, 5.74) is 12.8. The van der Waals surface area contributed by atoms with E-state index >= 15 is 0 Å². The molecule has 0 amide bonds. The molecule has 3 rings (SSSR count). The summed E-state index contributed by atoms with van der Waals surface area (Å²) in [6.07, 6.45) is 6.54. The zero-order chi connectivity index (χ0) is 15.4. The first-order valence-electron chi connectivity index (χ1n) is 8.69. The lowest BCUT2D eigenvalue weighted by Crippen LogP contribution is -2.48. The van der Waals surface area contributed by atoms with Crippen molar-refractivity contribution >= 4 is 5.69 Å². The molecule has 2 N–H and O–H groups in total. The van der Waals surface area contributed by atoms with Gasteiger partial charge in [-0.1, -0.05) is 53.2 Å². The zero-order valence-electron chi connectivity index (χ0n) is 14.4. The average molecular weight is 285 g/mol. The molecule has 0 unspecified atom stereocenters. The summed E-state index contributed by atoms with van der Waals surface area (Å²) in [6, 6.07) is 4.71. The number of nitrogens with two attached hydrogens (primary N) is 1. The van der Waals surface area contributed by atoms with Crippen LogP contribution in [0.1, 0.15) is 82.9 Å². The molecular weight excluding hydrogens is 254 g/mol. The lowest BCUT2D eigenvalue weighted by molar-refractivity contribution is 0.0408. The summed E-state index contributed by atoms with van der Waals surface area (Å²) in [4.78, 5) is 0. The van der Waals surface area contributed by atoms with Crippen LogP contribution in [0.2, 0.25) is 0 Å². The summed E-state index contributed by atoms with van der Waals surface area (Å²) in [5, 5.41) is 0. The third-order valence-electron chi connectivity index (χ3n) is 6.54. The highest BCUT2D eigenvalue weighted by Crippen LogP contribution is 2.57. The third kappa shape index (κ3) is 2.12. The molecule has 21 heavy (non-hydrogen) atoms. The highest BCUT2D eigenvalue weighted by Gasteiger charge is 2.49. The van der Waals surface area contributed by atoms with Crippen molar-refractivity contribution < 1.29 is 0 Å². The minimum absolute atomic E-state index is 0.332. The Morgan fingerprint density at radius 2 is 1.86 bits per heavy atom. The number of benzene rings is 1. The number of fused-ring (bicyclic) bond motifs is 3. The van der Waals surface area contributed by atoms with E-state index in [0.717, 1.165) is 11.6 Å². The van der Waals surface area contributed by atoms with Crippen LogP contribution >= 0.6 is 0 Å². The normalized spacial score (nSPS) is 30.9. The Morgan fingerprint density at radius 1 is 1.14 bits per heavy atom. The molecule has 1 saturated carbocycles. The van der Waals surface area contributed by atoms with Crippen LogP contribution in [0, 0.1) is 11.3 Å². The quantitative estimate of drug-likeness (QED) is 0.685. The van der Waals surface area contributed by atoms with Crippen molar-refractivity contribution in [3.05, 3.63) is 28.8 Å². The monoisotopic (exact) mass is 285 g/mol. The van der Waals surface area contributed by atoms with Gasteiger partial charge in [0.05, 0.1) is 0 Å². The summed E-state index contributed by atoms with van der Waals surface area (Å²) in [7, 11) is 0. The molecule has 0 saturated heterocycles. The molecule has 2 atom stereocenters. The van der Waals surface area contributed by atoms with Crippen LogP contribution < -0.4 is 5.73 Å². The molecule has 0 radical (unpaired) electrons. The topological polar surface area (TPSA) is 26.0 Å². The van der Waals surface area contributed by atoms with Crippen LogP contribution in [0.15, 0.2) is 12.1 Å². The first kappa shape index (κ1) is 14.9. The van der Waals surface area contributed by atoms with Crippen LogP contribution in [0.25, 0.3) is 0 Å². The van der Waals surface area contributed by atoms with Gasteiger partial charge in [-0.3, -0.25) is 0 Å². The Morgan fingerprint density at radius 3 is 2.52 bits per heavy atom. The van der Waals surface area contributed by atoms with Gasteiger partial charge in [0.1, 0.15) is 0 Å². The van der Waals surface area contributed by atoms with E-state index in [-0.39, 0.29) is 0 Å². The van der Waals surface area contributed by atoms with E-state index in [1.54, 1.807) is 5.56 Å². The molecule has 0 heterocycles. The third-order valence-corrected chi connectivity index (χ3v) is 6.54. The highest BCUT2D eigenvalue weighted by molar-refractivity contribution is 5.61. The number of hydrogen-bond acceptors (Lipinski definition) is 1. The second-order valence-corrected chi connectivity index (χ2v) is 8.60. The SMILES string of the molecule is CC(C)c1ccc2c(c1N)CC[C@H]1C(C)(C)CCC[C@]21C. The van der Waals surface area contributed by atoms with Gasteiger partial charge in [-0.2, -0.15) is 0 Å². The van der Waals surface area contributed by atoms with Gasteiger partial charge in [0, 0.05) is 5.69 Å². The summed E-state index contributed by atoms with van der Waals surface area (Å²) >= 11 is 0. The largest absolute Gasteiger partial charge is 0.398 e. The van der Waals surface area contributed by atoms with E-state index < -0.39 is 0 Å². The number of hydrogen-bond donors (Lipinski definition) is 1. The van der Waals surface area contributed by atoms with E-state index in [1.165, 1.54) is 43.2 Å². The fourth-order valence-corrected chi connectivity index (χ4v) is 5.43. The van der Waals surface area contributed by atoms with Gasteiger partial charge in [0.2, 0.25) is 0 Å². The van der Waals surface area contributed by atoms with Crippen molar-refractivity contribution in [2.45, 2.75) is 78.1 Å². The molecule has 2 aliphatic carbocycles. The van der Waals surface area contributed by atoms with Gasteiger partial charge in [0.15, 0.2) is 0 Å². The molecule has 1 heteroatoms. The minimum atomic E-state index is 0.332. The fraction of sp³-hybridized carbons (Fsp3) is 0.700. The van der Waals surface area contributed by atoms with Gasteiger partial charge in [-0.05, 0) is 65.0 Å². The van der Waals surface area contributed by atoms with Crippen LogP contribution in [0.4, 0.5) is 5.69 Å². The molecule has 2 aliphatic rings. The van der Waals surface area contributed by atoms with Gasteiger partial charge in [-0.15, -0.1) is 0 Å². The summed E-state index contributed by atoms with van der Waals surface area (Å²) < 4.78 is 0. The number of rotatable bonds is 1. The van der Waals surface area contributed by atoms with Crippen molar-refractivity contribution in [1.82, 2.24) is 0 Å².